The van der Waals surface area contributed by atoms with Crippen LogP contribution >= 0.6 is 0 Å². The lowest BCUT2D eigenvalue weighted by molar-refractivity contribution is 0.141. The molecule has 2 amide bonds. The van der Waals surface area contributed by atoms with E-state index in [1.54, 1.807) is 0 Å². The number of hydrogen-bond donors (Lipinski definition) is 2. The Morgan fingerprint density at radius 1 is 0.682 bits per heavy atom. The SMILES string of the molecule is CCCNC(=O)OCCCCCCCCOC(=O)NCCC. The molecule has 0 aromatic heterocycles. The maximum absolute atomic E-state index is 11.1. The van der Waals surface area contributed by atoms with Crippen LogP contribution in [0.25, 0.3) is 0 Å². The van der Waals surface area contributed by atoms with Crippen molar-refractivity contribution in [1.82, 2.24) is 10.6 Å². The highest BCUT2D eigenvalue weighted by atomic mass is 16.6. The van der Waals surface area contributed by atoms with Gasteiger partial charge < -0.3 is 20.1 Å². The van der Waals surface area contributed by atoms with E-state index in [0.717, 1.165) is 51.4 Å². The van der Waals surface area contributed by atoms with Gasteiger partial charge in [0.05, 0.1) is 13.2 Å². The van der Waals surface area contributed by atoms with Gasteiger partial charge in [-0.05, 0) is 25.7 Å². The number of carbonyl (C=O) groups is 2. The zero-order chi connectivity index (χ0) is 16.5. The highest BCUT2D eigenvalue weighted by Crippen LogP contribution is 2.05. The van der Waals surface area contributed by atoms with Crippen LogP contribution in [-0.4, -0.2) is 38.5 Å². The molecular weight excluding hydrogens is 284 g/mol. The molecule has 0 aliphatic heterocycles. The number of amides is 2. The quantitative estimate of drug-likeness (QED) is 0.509. The largest absolute Gasteiger partial charge is 0.450 e. The molecule has 0 heterocycles. The molecule has 0 bridgehead atoms. The summed E-state index contributed by atoms with van der Waals surface area (Å²) in [5.74, 6) is 0. The highest BCUT2D eigenvalue weighted by Gasteiger charge is 2.00. The van der Waals surface area contributed by atoms with Gasteiger partial charge in [-0.15, -0.1) is 0 Å². The van der Waals surface area contributed by atoms with Crippen molar-refractivity contribution >= 4 is 12.2 Å². The van der Waals surface area contributed by atoms with Gasteiger partial charge in [0.1, 0.15) is 0 Å². The van der Waals surface area contributed by atoms with E-state index < -0.39 is 0 Å². The normalized spacial score (nSPS) is 10.1. The summed E-state index contributed by atoms with van der Waals surface area (Å²) in [5.41, 5.74) is 0. The third-order valence-electron chi connectivity index (χ3n) is 3.04. The molecule has 0 radical (unpaired) electrons. The van der Waals surface area contributed by atoms with Crippen molar-refractivity contribution in [3.63, 3.8) is 0 Å². The van der Waals surface area contributed by atoms with Crippen molar-refractivity contribution in [3.05, 3.63) is 0 Å². The average Bonchev–Trinajstić information content (AvgIpc) is 2.52. The minimum Gasteiger partial charge on any atom is -0.450 e. The summed E-state index contributed by atoms with van der Waals surface area (Å²) in [4.78, 5) is 22.3. The van der Waals surface area contributed by atoms with Crippen LogP contribution < -0.4 is 10.6 Å². The van der Waals surface area contributed by atoms with E-state index in [2.05, 4.69) is 10.6 Å². The second-order valence-corrected chi connectivity index (χ2v) is 5.25. The molecule has 0 spiro atoms. The lowest BCUT2D eigenvalue weighted by Crippen LogP contribution is -2.25. The number of nitrogens with one attached hydrogen (secondary N) is 2. The van der Waals surface area contributed by atoms with Crippen molar-refractivity contribution < 1.29 is 19.1 Å². The molecule has 0 fully saturated rings. The third-order valence-corrected chi connectivity index (χ3v) is 3.04. The van der Waals surface area contributed by atoms with Crippen LogP contribution in [0.5, 0.6) is 0 Å². The van der Waals surface area contributed by atoms with Gasteiger partial charge in [0.2, 0.25) is 0 Å². The van der Waals surface area contributed by atoms with Gasteiger partial charge in [-0.25, -0.2) is 9.59 Å². The molecule has 0 rings (SSSR count). The summed E-state index contributed by atoms with van der Waals surface area (Å²) in [6.45, 7) is 6.30. The molecule has 6 heteroatoms. The Bertz CT molecular complexity index is 257. The molecule has 0 atom stereocenters. The summed E-state index contributed by atoms with van der Waals surface area (Å²) in [6.07, 6.45) is 7.32. The monoisotopic (exact) mass is 316 g/mol. The maximum atomic E-state index is 11.1. The maximum Gasteiger partial charge on any atom is 0.407 e. The van der Waals surface area contributed by atoms with E-state index in [4.69, 9.17) is 9.47 Å². The van der Waals surface area contributed by atoms with E-state index in [9.17, 15) is 9.59 Å². The fourth-order valence-corrected chi connectivity index (χ4v) is 1.80. The first-order valence-corrected chi connectivity index (χ1v) is 8.52. The Morgan fingerprint density at radius 3 is 1.41 bits per heavy atom. The summed E-state index contributed by atoms with van der Waals surface area (Å²) in [7, 11) is 0. The number of alkyl carbamates (subject to hydrolysis) is 2. The molecule has 0 aliphatic carbocycles. The predicted octanol–water partition coefficient (Wildman–Crippen LogP) is 3.60. The molecular formula is C16H32N2O4. The second-order valence-electron chi connectivity index (χ2n) is 5.25. The van der Waals surface area contributed by atoms with Gasteiger partial charge in [-0.1, -0.05) is 39.5 Å². The van der Waals surface area contributed by atoms with E-state index in [1.165, 1.54) is 0 Å². The minimum absolute atomic E-state index is 0.319. The molecule has 0 saturated heterocycles. The molecule has 0 aliphatic rings. The molecule has 0 saturated carbocycles. The number of hydrogen-bond acceptors (Lipinski definition) is 4. The minimum atomic E-state index is -0.319. The van der Waals surface area contributed by atoms with Crippen LogP contribution in [-0.2, 0) is 9.47 Å². The number of rotatable bonds is 13. The van der Waals surface area contributed by atoms with E-state index >= 15 is 0 Å². The van der Waals surface area contributed by atoms with Crippen LogP contribution in [0.3, 0.4) is 0 Å². The van der Waals surface area contributed by atoms with Gasteiger partial charge in [0, 0.05) is 13.1 Å². The Balaban J connectivity index is 3.17. The van der Waals surface area contributed by atoms with Gasteiger partial charge in [0.25, 0.3) is 0 Å². The van der Waals surface area contributed by atoms with Crippen LogP contribution in [0.15, 0.2) is 0 Å². The Morgan fingerprint density at radius 2 is 1.05 bits per heavy atom. The predicted molar refractivity (Wildman–Crippen MR) is 87.0 cm³/mol. The fourth-order valence-electron chi connectivity index (χ4n) is 1.80. The Hall–Kier alpha value is -1.46. The van der Waals surface area contributed by atoms with Gasteiger partial charge in [0.15, 0.2) is 0 Å². The average molecular weight is 316 g/mol. The molecule has 0 aromatic rings. The van der Waals surface area contributed by atoms with Crippen LogP contribution in [0.2, 0.25) is 0 Å². The van der Waals surface area contributed by atoms with E-state index in [-0.39, 0.29) is 12.2 Å². The lowest BCUT2D eigenvalue weighted by Gasteiger charge is -2.07. The Kier molecular flexibility index (Phi) is 14.9. The fraction of sp³-hybridized carbons (Fsp3) is 0.875. The van der Waals surface area contributed by atoms with E-state index in [0.29, 0.717) is 26.3 Å². The van der Waals surface area contributed by atoms with Crippen molar-refractivity contribution in [1.29, 1.82) is 0 Å². The zero-order valence-electron chi connectivity index (χ0n) is 14.1. The third kappa shape index (κ3) is 14.9. The summed E-state index contributed by atoms with van der Waals surface area (Å²) in [6, 6.07) is 0. The number of carbonyl (C=O) groups excluding carboxylic acids is 2. The highest BCUT2D eigenvalue weighted by molar-refractivity contribution is 5.67. The zero-order valence-corrected chi connectivity index (χ0v) is 14.1. The summed E-state index contributed by atoms with van der Waals surface area (Å²) in [5, 5.41) is 5.34. The topological polar surface area (TPSA) is 76.7 Å². The van der Waals surface area contributed by atoms with Crippen molar-refractivity contribution in [2.75, 3.05) is 26.3 Å². The molecule has 22 heavy (non-hydrogen) atoms. The summed E-state index contributed by atoms with van der Waals surface area (Å²) >= 11 is 0. The van der Waals surface area contributed by atoms with Crippen molar-refractivity contribution in [2.45, 2.75) is 65.2 Å². The van der Waals surface area contributed by atoms with Crippen LogP contribution in [0.4, 0.5) is 9.59 Å². The van der Waals surface area contributed by atoms with Crippen LogP contribution in [0, 0.1) is 0 Å². The van der Waals surface area contributed by atoms with E-state index in [1.807, 2.05) is 13.8 Å². The smallest absolute Gasteiger partial charge is 0.407 e. The standard InChI is InChI=1S/C16H32N2O4/c1-3-11-17-15(19)21-13-9-7-5-6-8-10-14-22-16(20)18-12-4-2/h3-14H2,1-2H3,(H,17,19)(H,18,20). The first-order chi connectivity index (χ1) is 10.7. The van der Waals surface area contributed by atoms with Gasteiger partial charge in [-0.3, -0.25) is 0 Å². The molecule has 130 valence electrons. The second kappa shape index (κ2) is 15.9. The number of unbranched alkanes of at least 4 members (excludes halogenated alkanes) is 5. The van der Waals surface area contributed by atoms with Crippen LogP contribution in [0.1, 0.15) is 65.2 Å². The first-order valence-electron chi connectivity index (χ1n) is 8.52. The molecule has 0 unspecified atom stereocenters. The first kappa shape index (κ1) is 20.5. The summed E-state index contributed by atoms with van der Waals surface area (Å²) < 4.78 is 10.1. The van der Waals surface area contributed by atoms with Gasteiger partial charge in [-0.2, -0.15) is 0 Å². The Labute approximate surface area is 134 Å². The molecule has 6 nitrogen and oxygen atoms in total. The van der Waals surface area contributed by atoms with Crippen molar-refractivity contribution in [3.8, 4) is 0 Å². The van der Waals surface area contributed by atoms with Crippen molar-refractivity contribution in [2.24, 2.45) is 0 Å². The molecule has 2 N–H and O–H groups in total. The number of ether oxygens (including phenoxy) is 2. The lowest BCUT2D eigenvalue weighted by atomic mass is 10.1. The molecule has 0 aromatic carbocycles. The van der Waals surface area contributed by atoms with Gasteiger partial charge >= 0.3 is 12.2 Å².